The highest BCUT2D eigenvalue weighted by Crippen LogP contribution is 2.29. The summed E-state index contributed by atoms with van der Waals surface area (Å²) in [4.78, 5) is 0. The van der Waals surface area contributed by atoms with Crippen molar-refractivity contribution >= 4 is 0 Å². The van der Waals surface area contributed by atoms with Gasteiger partial charge in [-0.3, -0.25) is 0 Å². The van der Waals surface area contributed by atoms with Crippen LogP contribution in [0.5, 0.6) is 0 Å². The van der Waals surface area contributed by atoms with Gasteiger partial charge in [0.2, 0.25) is 0 Å². The second kappa shape index (κ2) is 9.85. The standard InChI is InChI=1S/C24H32F2/c1-5-19(10-12-21-9-7-18(4)16-24(21)26)20(6-2)11-13-22-15-17(3)8-14-23(22)25/h7-9,14-16,19-20H,5-6,10-13H2,1-4H3. The van der Waals surface area contributed by atoms with Gasteiger partial charge in [0.1, 0.15) is 11.6 Å². The first-order valence-electron chi connectivity index (χ1n) is 9.94. The first kappa shape index (κ1) is 20.6. The Hall–Kier alpha value is -1.70. The van der Waals surface area contributed by atoms with Gasteiger partial charge in [-0.05, 0) is 80.2 Å². The molecule has 0 spiro atoms. The molecule has 0 bridgehead atoms. The smallest absolute Gasteiger partial charge is 0.126 e. The molecule has 2 aromatic carbocycles. The fourth-order valence-corrected chi connectivity index (χ4v) is 3.98. The van der Waals surface area contributed by atoms with Gasteiger partial charge in [0.05, 0.1) is 0 Å². The molecule has 2 heteroatoms. The maximum Gasteiger partial charge on any atom is 0.126 e. The number of aryl methyl sites for hydroxylation is 4. The molecule has 142 valence electrons. The molecule has 2 rings (SSSR count). The lowest BCUT2D eigenvalue weighted by atomic mass is 9.80. The number of rotatable bonds is 9. The van der Waals surface area contributed by atoms with E-state index in [-0.39, 0.29) is 11.6 Å². The molecule has 0 nitrogen and oxygen atoms in total. The largest absolute Gasteiger partial charge is 0.207 e. The second-order valence-electron chi connectivity index (χ2n) is 7.60. The van der Waals surface area contributed by atoms with Gasteiger partial charge >= 0.3 is 0 Å². The van der Waals surface area contributed by atoms with Crippen LogP contribution in [0.3, 0.4) is 0 Å². The molecule has 0 heterocycles. The molecule has 2 aromatic rings. The second-order valence-corrected chi connectivity index (χ2v) is 7.60. The Morgan fingerprint density at radius 1 is 0.692 bits per heavy atom. The van der Waals surface area contributed by atoms with Crippen LogP contribution in [-0.2, 0) is 12.8 Å². The molecular weight excluding hydrogens is 326 g/mol. The monoisotopic (exact) mass is 358 g/mol. The van der Waals surface area contributed by atoms with E-state index in [1.54, 1.807) is 12.1 Å². The summed E-state index contributed by atoms with van der Waals surface area (Å²) in [6, 6.07) is 10.9. The molecule has 26 heavy (non-hydrogen) atoms. The van der Waals surface area contributed by atoms with Gasteiger partial charge in [-0.2, -0.15) is 0 Å². The molecular formula is C24H32F2. The van der Waals surface area contributed by atoms with Gasteiger partial charge in [0, 0.05) is 0 Å². The van der Waals surface area contributed by atoms with Crippen molar-refractivity contribution < 1.29 is 8.78 Å². The van der Waals surface area contributed by atoms with Crippen LogP contribution in [0.15, 0.2) is 36.4 Å². The van der Waals surface area contributed by atoms with E-state index in [0.717, 1.165) is 60.8 Å². The average Bonchev–Trinajstić information content (AvgIpc) is 2.62. The van der Waals surface area contributed by atoms with Gasteiger partial charge in [-0.1, -0.05) is 56.5 Å². The predicted molar refractivity (Wildman–Crippen MR) is 106 cm³/mol. The van der Waals surface area contributed by atoms with Crippen LogP contribution in [0.2, 0.25) is 0 Å². The summed E-state index contributed by atoms with van der Waals surface area (Å²) in [5, 5.41) is 0. The van der Waals surface area contributed by atoms with Crippen molar-refractivity contribution in [3.05, 3.63) is 70.3 Å². The first-order chi connectivity index (χ1) is 12.4. The zero-order valence-corrected chi connectivity index (χ0v) is 16.6. The van der Waals surface area contributed by atoms with Crippen LogP contribution in [-0.4, -0.2) is 0 Å². The van der Waals surface area contributed by atoms with Crippen LogP contribution in [0, 0.1) is 37.3 Å². The minimum Gasteiger partial charge on any atom is -0.207 e. The molecule has 2 atom stereocenters. The van der Waals surface area contributed by atoms with Crippen LogP contribution in [0.4, 0.5) is 8.78 Å². The maximum atomic E-state index is 14.1. The summed E-state index contributed by atoms with van der Waals surface area (Å²) < 4.78 is 28.1. The lowest BCUT2D eigenvalue weighted by Gasteiger charge is -2.26. The molecule has 0 aliphatic rings. The van der Waals surface area contributed by atoms with E-state index in [2.05, 4.69) is 13.8 Å². The molecule has 0 aliphatic carbocycles. The van der Waals surface area contributed by atoms with Gasteiger partial charge in [-0.25, -0.2) is 8.78 Å². The van der Waals surface area contributed by atoms with Gasteiger partial charge in [-0.15, -0.1) is 0 Å². The van der Waals surface area contributed by atoms with E-state index in [9.17, 15) is 8.78 Å². The zero-order valence-electron chi connectivity index (χ0n) is 16.6. The molecule has 0 radical (unpaired) electrons. The van der Waals surface area contributed by atoms with Crippen molar-refractivity contribution in [2.24, 2.45) is 11.8 Å². The lowest BCUT2D eigenvalue weighted by Crippen LogP contribution is -2.16. The zero-order chi connectivity index (χ0) is 19.1. The minimum absolute atomic E-state index is 0.0882. The lowest BCUT2D eigenvalue weighted by molar-refractivity contribution is 0.276. The molecule has 0 N–H and O–H groups in total. The topological polar surface area (TPSA) is 0 Å². The van der Waals surface area contributed by atoms with Crippen molar-refractivity contribution in [2.45, 2.75) is 66.2 Å². The van der Waals surface area contributed by atoms with E-state index >= 15 is 0 Å². The summed E-state index contributed by atoms with van der Waals surface area (Å²) in [5.74, 6) is 0.914. The Morgan fingerprint density at radius 3 is 1.81 bits per heavy atom. The van der Waals surface area contributed by atoms with Crippen molar-refractivity contribution in [3.8, 4) is 0 Å². The molecule has 0 saturated carbocycles. The highest BCUT2D eigenvalue weighted by molar-refractivity contribution is 5.24. The molecule has 0 saturated heterocycles. The van der Waals surface area contributed by atoms with Gasteiger partial charge < -0.3 is 0 Å². The SMILES string of the molecule is CCC(CCc1ccc(C)cc1F)C(CC)CCc1cc(C)ccc1F. The van der Waals surface area contributed by atoms with Crippen molar-refractivity contribution in [1.82, 2.24) is 0 Å². The highest BCUT2D eigenvalue weighted by Gasteiger charge is 2.19. The number of halogens is 2. The molecule has 0 aliphatic heterocycles. The van der Waals surface area contributed by atoms with Crippen molar-refractivity contribution in [2.75, 3.05) is 0 Å². The number of benzene rings is 2. The Balaban J connectivity index is 1.98. The summed E-state index contributed by atoms with van der Waals surface area (Å²) >= 11 is 0. The van der Waals surface area contributed by atoms with Gasteiger partial charge in [0.15, 0.2) is 0 Å². The minimum atomic E-state index is -0.0970. The quantitative estimate of drug-likeness (QED) is 0.444. The summed E-state index contributed by atoms with van der Waals surface area (Å²) in [5.41, 5.74) is 3.71. The Bertz CT molecular complexity index is 705. The Labute approximate surface area is 157 Å². The first-order valence-corrected chi connectivity index (χ1v) is 9.94. The Morgan fingerprint density at radius 2 is 1.23 bits per heavy atom. The maximum absolute atomic E-state index is 14.1. The highest BCUT2D eigenvalue weighted by atomic mass is 19.1. The fraction of sp³-hybridized carbons (Fsp3) is 0.500. The predicted octanol–water partition coefficient (Wildman–Crippen LogP) is 7.20. The third-order valence-electron chi connectivity index (χ3n) is 5.69. The molecule has 0 aromatic heterocycles. The number of hydrogen-bond acceptors (Lipinski definition) is 0. The van der Waals surface area contributed by atoms with Crippen LogP contribution < -0.4 is 0 Å². The average molecular weight is 359 g/mol. The van der Waals surface area contributed by atoms with Crippen LogP contribution in [0.25, 0.3) is 0 Å². The fourth-order valence-electron chi connectivity index (χ4n) is 3.98. The summed E-state index contributed by atoms with van der Waals surface area (Å²) in [6.45, 7) is 8.35. The normalized spacial score (nSPS) is 13.6. The summed E-state index contributed by atoms with van der Waals surface area (Å²) in [7, 11) is 0. The van der Waals surface area contributed by atoms with E-state index in [1.807, 2.05) is 38.1 Å². The van der Waals surface area contributed by atoms with Crippen LogP contribution in [0.1, 0.15) is 61.8 Å². The number of hydrogen-bond donors (Lipinski definition) is 0. The van der Waals surface area contributed by atoms with E-state index < -0.39 is 0 Å². The Kier molecular flexibility index (Phi) is 7.81. The third kappa shape index (κ3) is 5.65. The molecule has 2 unspecified atom stereocenters. The third-order valence-corrected chi connectivity index (χ3v) is 5.69. The molecule has 0 amide bonds. The van der Waals surface area contributed by atoms with E-state index in [4.69, 9.17) is 0 Å². The van der Waals surface area contributed by atoms with E-state index in [1.165, 1.54) is 0 Å². The van der Waals surface area contributed by atoms with Crippen LogP contribution >= 0.6 is 0 Å². The molecule has 0 fully saturated rings. The van der Waals surface area contributed by atoms with E-state index in [0.29, 0.717) is 11.8 Å². The van der Waals surface area contributed by atoms with Gasteiger partial charge in [0.25, 0.3) is 0 Å². The van der Waals surface area contributed by atoms with Crippen molar-refractivity contribution in [1.29, 1.82) is 0 Å². The summed E-state index contributed by atoms with van der Waals surface area (Å²) in [6.07, 6.45) is 5.71. The van der Waals surface area contributed by atoms with Crippen molar-refractivity contribution in [3.63, 3.8) is 0 Å².